The molecule has 0 aliphatic heterocycles. The summed E-state index contributed by atoms with van der Waals surface area (Å²) < 4.78 is 10.5. The highest BCUT2D eigenvalue weighted by atomic mass is 16.5. The zero-order valence-corrected chi connectivity index (χ0v) is 16.5. The number of hydrogen-bond acceptors (Lipinski definition) is 6. The van der Waals surface area contributed by atoms with Crippen LogP contribution >= 0.6 is 0 Å². The molecule has 1 heterocycles. The van der Waals surface area contributed by atoms with Crippen LogP contribution in [0, 0.1) is 5.92 Å². The first-order valence-corrected chi connectivity index (χ1v) is 9.19. The van der Waals surface area contributed by atoms with Crippen molar-refractivity contribution in [3.8, 4) is 5.75 Å². The Bertz CT molecular complexity index is 965. The quantitative estimate of drug-likeness (QED) is 0.532. The predicted octanol–water partition coefficient (Wildman–Crippen LogP) is 1.08. The molecule has 0 aliphatic rings. The van der Waals surface area contributed by atoms with Crippen LogP contribution < -0.4 is 21.0 Å². The fourth-order valence-corrected chi connectivity index (χ4v) is 2.71. The van der Waals surface area contributed by atoms with Crippen LogP contribution in [0.2, 0.25) is 0 Å². The molecular formula is C20H24N2O7. The first kappa shape index (κ1) is 21.9. The summed E-state index contributed by atoms with van der Waals surface area (Å²) in [5, 5.41) is 14.6. The van der Waals surface area contributed by atoms with Gasteiger partial charge in [0.25, 0.3) is 5.91 Å². The van der Waals surface area contributed by atoms with E-state index in [0.29, 0.717) is 17.8 Å². The molecule has 1 unspecified atom stereocenters. The van der Waals surface area contributed by atoms with Crippen LogP contribution in [-0.2, 0) is 20.8 Å². The van der Waals surface area contributed by atoms with Gasteiger partial charge in [-0.3, -0.25) is 9.59 Å². The van der Waals surface area contributed by atoms with Crippen molar-refractivity contribution >= 4 is 28.8 Å². The zero-order chi connectivity index (χ0) is 21.6. The van der Waals surface area contributed by atoms with Crippen molar-refractivity contribution in [1.29, 1.82) is 0 Å². The Labute approximate surface area is 167 Å². The molecule has 3 N–H and O–H groups in total. The SMILES string of the molecule is CCc1cc(=O)oc2cc(OCC(=O)NCC(=O)NC(C(=O)O)C(C)C)ccc12. The van der Waals surface area contributed by atoms with Gasteiger partial charge < -0.3 is 24.9 Å². The van der Waals surface area contributed by atoms with Crippen LogP contribution in [0.5, 0.6) is 5.75 Å². The van der Waals surface area contributed by atoms with Crippen molar-refractivity contribution in [3.05, 3.63) is 40.2 Å². The highest BCUT2D eigenvalue weighted by Crippen LogP contribution is 2.22. The number of carbonyl (C=O) groups is 3. The smallest absolute Gasteiger partial charge is 0.336 e. The standard InChI is InChI=1S/C20H24N2O7/c1-4-12-7-18(25)29-15-8-13(5-6-14(12)15)28-10-17(24)21-9-16(23)22-19(11(2)3)20(26)27/h5-8,11,19H,4,9-10H2,1-3H3,(H,21,24)(H,22,23)(H,26,27). The van der Waals surface area contributed by atoms with E-state index in [4.69, 9.17) is 14.3 Å². The van der Waals surface area contributed by atoms with Gasteiger partial charge in [0, 0.05) is 17.5 Å². The van der Waals surface area contributed by atoms with E-state index in [9.17, 15) is 19.2 Å². The number of ether oxygens (including phenoxy) is 1. The molecule has 1 atom stereocenters. The van der Waals surface area contributed by atoms with Gasteiger partial charge in [-0.1, -0.05) is 20.8 Å². The van der Waals surface area contributed by atoms with Crippen LogP contribution in [0.15, 0.2) is 33.5 Å². The molecule has 156 valence electrons. The van der Waals surface area contributed by atoms with Gasteiger partial charge in [0.2, 0.25) is 5.91 Å². The van der Waals surface area contributed by atoms with E-state index in [-0.39, 0.29) is 19.1 Å². The molecule has 1 aromatic heterocycles. The summed E-state index contributed by atoms with van der Waals surface area (Å²) in [7, 11) is 0. The van der Waals surface area contributed by atoms with Crippen molar-refractivity contribution in [3.63, 3.8) is 0 Å². The number of carbonyl (C=O) groups excluding carboxylic acids is 2. The van der Waals surface area contributed by atoms with E-state index >= 15 is 0 Å². The van der Waals surface area contributed by atoms with Crippen LogP contribution in [0.25, 0.3) is 11.0 Å². The lowest BCUT2D eigenvalue weighted by atomic mass is 10.1. The third kappa shape index (κ3) is 6.06. The fourth-order valence-electron chi connectivity index (χ4n) is 2.71. The fraction of sp³-hybridized carbons (Fsp3) is 0.400. The van der Waals surface area contributed by atoms with Crippen molar-refractivity contribution in [2.45, 2.75) is 33.2 Å². The monoisotopic (exact) mass is 404 g/mol. The highest BCUT2D eigenvalue weighted by Gasteiger charge is 2.23. The number of rotatable bonds is 9. The molecule has 2 aromatic rings. The summed E-state index contributed by atoms with van der Waals surface area (Å²) in [5.74, 6) is -2.27. The average Bonchev–Trinajstić information content (AvgIpc) is 2.67. The van der Waals surface area contributed by atoms with E-state index in [1.165, 1.54) is 12.1 Å². The molecule has 2 rings (SSSR count). The molecule has 29 heavy (non-hydrogen) atoms. The van der Waals surface area contributed by atoms with Gasteiger partial charge in [-0.25, -0.2) is 9.59 Å². The molecule has 0 fully saturated rings. The average molecular weight is 404 g/mol. The van der Waals surface area contributed by atoms with Gasteiger partial charge in [-0.05, 0) is 30.0 Å². The van der Waals surface area contributed by atoms with E-state index in [1.807, 2.05) is 6.92 Å². The normalized spacial score (nSPS) is 11.9. The molecule has 0 spiro atoms. The van der Waals surface area contributed by atoms with Crippen molar-refractivity contribution in [2.75, 3.05) is 13.2 Å². The predicted molar refractivity (Wildman–Crippen MR) is 105 cm³/mol. The third-order valence-corrected chi connectivity index (χ3v) is 4.25. The summed E-state index contributed by atoms with van der Waals surface area (Å²) in [6.45, 7) is 4.54. The Balaban J connectivity index is 1.90. The highest BCUT2D eigenvalue weighted by molar-refractivity contribution is 5.88. The summed E-state index contributed by atoms with van der Waals surface area (Å²) in [4.78, 5) is 46.4. The van der Waals surface area contributed by atoms with Crippen molar-refractivity contribution in [2.24, 2.45) is 5.92 Å². The molecule has 0 saturated heterocycles. The lowest BCUT2D eigenvalue weighted by Crippen LogP contribution is -2.48. The Kier molecular flexibility index (Phi) is 7.35. The number of hydrogen-bond donors (Lipinski definition) is 3. The molecule has 0 saturated carbocycles. The lowest BCUT2D eigenvalue weighted by Gasteiger charge is -2.18. The maximum absolute atomic E-state index is 11.9. The Morgan fingerprint density at radius 3 is 2.52 bits per heavy atom. The molecule has 9 heteroatoms. The van der Waals surface area contributed by atoms with Gasteiger partial charge >= 0.3 is 11.6 Å². The molecule has 0 radical (unpaired) electrons. The Morgan fingerprint density at radius 1 is 1.17 bits per heavy atom. The van der Waals surface area contributed by atoms with Crippen LogP contribution in [0.4, 0.5) is 0 Å². The first-order chi connectivity index (χ1) is 13.7. The number of aryl methyl sites for hydroxylation is 1. The second kappa shape index (κ2) is 9.72. The second-order valence-electron chi connectivity index (χ2n) is 6.80. The van der Waals surface area contributed by atoms with Crippen LogP contribution in [0.3, 0.4) is 0 Å². The molecule has 0 aliphatic carbocycles. The number of benzene rings is 1. The number of carboxylic acid groups (broad SMARTS) is 1. The lowest BCUT2D eigenvalue weighted by molar-refractivity contribution is -0.143. The van der Waals surface area contributed by atoms with Gasteiger partial charge in [-0.15, -0.1) is 0 Å². The zero-order valence-electron chi connectivity index (χ0n) is 16.5. The first-order valence-electron chi connectivity index (χ1n) is 9.19. The van der Waals surface area contributed by atoms with Gasteiger partial charge in [0.1, 0.15) is 17.4 Å². The minimum Gasteiger partial charge on any atom is -0.484 e. The maximum atomic E-state index is 11.9. The van der Waals surface area contributed by atoms with Crippen LogP contribution in [-0.4, -0.2) is 42.1 Å². The number of aliphatic carboxylic acids is 1. The van der Waals surface area contributed by atoms with Crippen LogP contribution in [0.1, 0.15) is 26.3 Å². The topological polar surface area (TPSA) is 135 Å². The van der Waals surface area contributed by atoms with E-state index < -0.39 is 29.5 Å². The Hall–Kier alpha value is -3.36. The van der Waals surface area contributed by atoms with E-state index in [2.05, 4.69) is 10.6 Å². The summed E-state index contributed by atoms with van der Waals surface area (Å²) in [6, 6.07) is 5.33. The van der Waals surface area contributed by atoms with Gasteiger partial charge in [0.15, 0.2) is 6.61 Å². The second-order valence-corrected chi connectivity index (χ2v) is 6.80. The van der Waals surface area contributed by atoms with Crippen molar-refractivity contribution in [1.82, 2.24) is 10.6 Å². The number of carboxylic acids is 1. The largest absolute Gasteiger partial charge is 0.484 e. The number of fused-ring (bicyclic) bond motifs is 1. The molecule has 9 nitrogen and oxygen atoms in total. The number of nitrogens with one attached hydrogen (secondary N) is 2. The maximum Gasteiger partial charge on any atom is 0.336 e. The number of amides is 2. The van der Waals surface area contributed by atoms with Gasteiger partial charge in [0.05, 0.1) is 6.54 Å². The van der Waals surface area contributed by atoms with E-state index in [1.54, 1.807) is 26.0 Å². The molecule has 1 aromatic carbocycles. The molecule has 0 bridgehead atoms. The summed E-state index contributed by atoms with van der Waals surface area (Å²) >= 11 is 0. The van der Waals surface area contributed by atoms with Gasteiger partial charge in [-0.2, -0.15) is 0 Å². The summed E-state index contributed by atoms with van der Waals surface area (Å²) in [5.41, 5.74) is 0.754. The minimum atomic E-state index is -1.14. The Morgan fingerprint density at radius 2 is 1.90 bits per heavy atom. The van der Waals surface area contributed by atoms with E-state index in [0.717, 1.165) is 10.9 Å². The summed E-state index contributed by atoms with van der Waals surface area (Å²) in [6.07, 6.45) is 0.673. The third-order valence-electron chi connectivity index (χ3n) is 4.25. The minimum absolute atomic E-state index is 0.295. The molecule has 2 amide bonds. The molecular weight excluding hydrogens is 380 g/mol. The van der Waals surface area contributed by atoms with Crippen molar-refractivity contribution < 1.29 is 28.6 Å².